The van der Waals surface area contributed by atoms with Gasteiger partial charge < -0.3 is 15.4 Å². The Morgan fingerprint density at radius 1 is 1.42 bits per heavy atom. The lowest BCUT2D eigenvalue weighted by Crippen LogP contribution is -2.43. The Morgan fingerprint density at radius 2 is 2.21 bits per heavy atom. The van der Waals surface area contributed by atoms with Crippen molar-refractivity contribution >= 4 is 6.09 Å². The van der Waals surface area contributed by atoms with Gasteiger partial charge in [-0.1, -0.05) is 30.3 Å². The van der Waals surface area contributed by atoms with E-state index in [2.05, 4.69) is 10.6 Å². The zero-order valence-electron chi connectivity index (χ0n) is 10.8. The minimum atomic E-state index is -0.900. The molecule has 2 atom stereocenters. The summed E-state index contributed by atoms with van der Waals surface area (Å²) in [7, 11) is 0. The molecule has 0 saturated carbocycles. The summed E-state index contributed by atoms with van der Waals surface area (Å²) in [6.45, 7) is 1.73. The van der Waals surface area contributed by atoms with Gasteiger partial charge in [0.25, 0.3) is 0 Å². The molecule has 104 valence electrons. The van der Waals surface area contributed by atoms with Crippen LogP contribution in [0.5, 0.6) is 0 Å². The Morgan fingerprint density at radius 3 is 2.95 bits per heavy atom. The number of ether oxygens (including phenoxy) is 1. The summed E-state index contributed by atoms with van der Waals surface area (Å²) < 4.78 is 18.6. The van der Waals surface area contributed by atoms with E-state index in [1.165, 1.54) is 0 Å². The highest BCUT2D eigenvalue weighted by Crippen LogP contribution is 2.14. The summed E-state index contributed by atoms with van der Waals surface area (Å²) >= 11 is 0. The topological polar surface area (TPSA) is 50.4 Å². The molecule has 1 aromatic carbocycles. The average Bonchev–Trinajstić information content (AvgIpc) is 2.45. The van der Waals surface area contributed by atoms with Crippen molar-refractivity contribution < 1.29 is 13.9 Å². The highest BCUT2D eigenvalue weighted by atomic mass is 19.1. The van der Waals surface area contributed by atoms with Gasteiger partial charge in [-0.2, -0.15) is 0 Å². The van der Waals surface area contributed by atoms with E-state index in [-0.39, 0.29) is 12.5 Å². The molecule has 1 fully saturated rings. The fourth-order valence-corrected chi connectivity index (χ4v) is 2.09. The summed E-state index contributed by atoms with van der Waals surface area (Å²) in [5.41, 5.74) is 0.933. The van der Waals surface area contributed by atoms with Crippen LogP contribution in [-0.2, 0) is 11.3 Å². The molecule has 4 nitrogen and oxygen atoms in total. The molecule has 0 spiro atoms. The van der Waals surface area contributed by atoms with Crippen molar-refractivity contribution in [3.05, 3.63) is 35.9 Å². The Bertz CT molecular complexity index is 400. The second-order valence-electron chi connectivity index (χ2n) is 4.71. The molecular weight excluding hydrogens is 247 g/mol. The van der Waals surface area contributed by atoms with Crippen molar-refractivity contribution in [2.75, 3.05) is 19.6 Å². The molecule has 1 aliphatic rings. The average molecular weight is 266 g/mol. The first-order valence-corrected chi connectivity index (χ1v) is 6.55. The first-order valence-electron chi connectivity index (χ1n) is 6.55. The van der Waals surface area contributed by atoms with E-state index in [1.54, 1.807) is 0 Å². The van der Waals surface area contributed by atoms with Crippen LogP contribution in [0.2, 0.25) is 0 Å². The number of alkyl carbamates (subject to hydrolysis) is 1. The van der Waals surface area contributed by atoms with Crippen LogP contribution in [-0.4, -0.2) is 31.9 Å². The van der Waals surface area contributed by atoms with Crippen LogP contribution in [0.1, 0.15) is 12.0 Å². The van der Waals surface area contributed by atoms with Crippen molar-refractivity contribution in [3.63, 3.8) is 0 Å². The van der Waals surface area contributed by atoms with Crippen LogP contribution in [0.4, 0.5) is 9.18 Å². The SMILES string of the molecule is O=C(NC[C@H]1CCNC[C@H]1F)OCc1ccccc1. The van der Waals surface area contributed by atoms with Gasteiger partial charge in [-0.15, -0.1) is 0 Å². The third kappa shape index (κ3) is 4.52. The number of hydrogen-bond donors (Lipinski definition) is 2. The summed E-state index contributed by atoms with van der Waals surface area (Å²) in [4.78, 5) is 11.5. The third-order valence-corrected chi connectivity index (χ3v) is 3.26. The van der Waals surface area contributed by atoms with Gasteiger partial charge in [0, 0.05) is 19.0 Å². The van der Waals surface area contributed by atoms with E-state index in [9.17, 15) is 9.18 Å². The molecule has 0 aromatic heterocycles. The number of benzene rings is 1. The van der Waals surface area contributed by atoms with Crippen LogP contribution in [0.25, 0.3) is 0 Å². The Labute approximate surface area is 112 Å². The number of carbonyl (C=O) groups excluding carboxylic acids is 1. The Hall–Kier alpha value is -1.62. The van der Waals surface area contributed by atoms with Crippen molar-refractivity contribution in [2.45, 2.75) is 19.2 Å². The van der Waals surface area contributed by atoms with E-state index in [1.807, 2.05) is 30.3 Å². The zero-order valence-corrected chi connectivity index (χ0v) is 10.8. The minimum absolute atomic E-state index is 0.120. The maximum absolute atomic E-state index is 13.5. The normalized spacial score (nSPS) is 22.8. The molecule has 2 N–H and O–H groups in total. The predicted molar refractivity (Wildman–Crippen MR) is 70.5 cm³/mol. The first kappa shape index (κ1) is 13.8. The second-order valence-corrected chi connectivity index (χ2v) is 4.71. The van der Waals surface area contributed by atoms with Crippen LogP contribution in [0.3, 0.4) is 0 Å². The Kier molecular flexibility index (Phi) is 5.15. The van der Waals surface area contributed by atoms with E-state index >= 15 is 0 Å². The standard InChI is InChI=1S/C14H19FN2O2/c15-13-9-16-7-6-12(13)8-17-14(18)19-10-11-4-2-1-3-5-11/h1-5,12-13,16H,6-10H2,(H,17,18)/t12-,13-/m1/s1. The quantitative estimate of drug-likeness (QED) is 0.874. The predicted octanol–water partition coefficient (Wildman–Crippen LogP) is 1.86. The van der Waals surface area contributed by atoms with E-state index < -0.39 is 12.3 Å². The van der Waals surface area contributed by atoms with Crippen LogP contribution < -0.4 is 10.6 Å². The van der Waals surface area contributed by atoms with Gasteiger partial charge in [0.15, 0.2) is 0 Å². The summed E-state index contributed by atoms with van der Waals surface area (Å²) in [6.07, 6.45) is -0.655. The Balaban J connectivity index is 1.67. The minimum Gasteiger partial charge on any atom is -0.445 e. The number of rotatable bonds is 4. The molecule has 0 bridgehead atoms. The van der Waals surface area contributed by atoms with E-state index in [0.717, 1.165) is 18.5 Å². The van der Waals surface area contributed by atoms with Gasteiger partial charge in [-0.05, 0) is 18.5 Å². The molecular formula is C14H19FN2O2. The number of alkyl halides is 1. The van der Waals surface area contributed by atoms with Crippen LogP contribution >= 0.6 is 0 Å². The highest BCUT2D eigenvalue weighted by molar-refractivity contribution is 5.67. The second kappa shape index (κ2) is 7.09. The lowest BCUT2D eigenvalue weighted by atomic mass is 9.96. The summed E-state index contributed by atoms with van der Waals surface area (Å²) in [6, 6.07) is 9.45. The molecule has 5 heteroatoms. The highest BCUT2D eigenvalue weighted by Gasteiger charge is 2.24. The molecule has 1 amide bonds. The largest absolute Gasteiger partial charge is 0.445 e. The van der Waals surface area contributed by atoms with Gasteiger partial charge in [-0.3, -0.25) is 0 Å². The van der Waals surface area contributed by atoms with Gasteiger partial charge >= 0.3 is 6.09 Å². The van der Waals surface area contributed by atoms with Crippen LogP contribution in [0, 0.1) is 5.92 Å². The molecule has 19 heavy (non-hydrogen) atoms. The molecule has 0 aliphatic carbocycles. The first-order chi connectivity index (χ1) is 9.25. The van der Waals surface area contributed by atoms with Crippen molar-refractivity contribution in [1.29, 1.82) is 0 Å². The number of nitrogens with one attached hydrogen (secondary N) is 2. The maximum Gasteiger partial charge on any atom is 0.407 e. The molecule has 1 aliphatic heterocycles. The number of hydrogen-bond acceptors (Lipinski definition) is 3. The van der Waals surface area contributed by atoms with Gasteiger partial charge in [0.05, 0.1) is 0 Å². The lowest BCUT2D eigenvalue weighted by Gasteiger charge is -2.26. The fraction of sp³-hybridized carbons (Fsp3) is 0.500. The number of carbonyl (C=O) groups is 1. The summed E-state index contributed by atoms with van der Waals surface area (Å²) in [5, 5.41) is 5.60. The summed E-state index contributed by atoms with van der Waals surface area (Å²) in [5.74, 6) is -0.120. The molecule has 1 heterocycles. The smallest absolute Gasteiger partial charge is 0.407 e. The van der Waals surface area contributed by atoms with Gasteiger partial charge in [0.1, 0.15) is 12.8 Å². The van der Waals surface area contributed by atoms with Crippen molar-refractivity contribution in [1.82, 2.24) is 10.6 Å². The third-order valence-electron chi connectivity index (χ3n) is 3.26. The molecule has 2 rings (SSSR count). The maximum atomic E-state index is 13.5. The van der Waals surface area contributed by atoms with Gasteiger partial charge in [0.2, 0.25) is 0 Å². The van der Waals surface area contributed by atoms with Crippen LogP contribution in [0.15, 0.2) is 30.3 Å². The monoisotopic (exact) mass is 266 g/mol. The van der Waals surface area contributed by atoms with Crippen molar-refractivity contribution in [3.8, 4) is 0 Å². The molecule has 0 unspecified atom stereocenters. The number of amides is 1. The fourth-order valence-electron chi connectivity index (χ4n) is 2.09. The van der Waals surface area contributed by atoms with E-state index in [4.69, 9.17) is 4.74 Å². The molecule has 1 aromatic rings. The van der Waals surface area contributed by atoms with E-state index in [0.29, 0.717) is 13.1 Å². The molecule has 1 saturated heterocycles. The zero-order chi connectivity index (χ0) is 13.5. The van der Waals surface area contributed by atoms with Crippen molar-refractivity contribution in [2.24, 2.45) is 5.92 Å². The number of halogens is 1. The van der Waals surface area contributed by atoms with Gasteiger partial charge in [-0.25, -0.2) is 9.18 Å². The lowest BCUT2D eigenvalue weighted by molar-refractivity contribution is 0.129. The number of piperidine rings is 1. The molecule has 0 radical (unpaired) electrons.